The number of carbonyl (C=O) groups is 2. The summed E-state index contributed by atoms with van der Waals surface area (Å²) >= 11 is 0. The van der Waals surface area contributed by atoms with Crippen LogP contribution in [-0.4, -0.2) is 63.8 Å². The zero-order chi connectivity index (χ0) is 14.5. The number of urea groups is 1. The van der Waals surface area contributed by atoms with Crippen molar-refractivity contribution < 1.29 is 19.4 Å². The second kappa shape index (κ2) is 6.38. The number of H-pyrrole nitrogens is 1. The van der Waals surface area contributed by atoms with Gasteiger partial charge in [-0.05, 0) is 6.92 Å². The number of aliphatic carboxylic acids is 1. The van der Waals surface area contributed by atoms with Crippen molar-refractivity contribution in [1.82, 2.24) is 20.2 Å². The number of rotatable bonds is 4. The number of hydrogen-bond donors (Lipinski definition) is 3. The smallest absolute Gasteiger partial charge is 0.326 e. The molecule has 0 aliphatic carbocycles. The van der Waals surface area contributed by atoms with Crippen LogP contribution in [0.25, 0.3) is 0 Å². The maximum absolute atomic E-state index is 12.1. The zero-order valence-electron chi connectivity index (χ0n) is 11.2. The molecule has 0 spiro atoms. The summed E-state index contributed by atoms with van der Waals surface area (Å²) in [7, 11) is 0. The third-order valence-corrected chi connectivity index (χ3v) is 3.10. The van der Waals surface area contributed by atoms with Gasteiger partial charge < -0.3 is 25.0 Å². The van der Waals surface area contributed by atoms with Gasteiger partial charge in [-0.25, -0.2) is 14.6 Å². The number of carboxylic acids is 1. The molecule has 20 heavy (non-hydrogen) atoms. The number of nitrogens with zero attached hydrogens (tertiary/aromatic N) is 2. The van der Waals surface area contributed by atoms with E-state index in [1.54, 1.807) is 11.1 Å². The van der Waals surface area contributed by atoms with Gasteiger partial charge in [0.05, 0.1) is 19.0 Å². The molecule has 2 heterocycles. The van der Waals surface area contributed by atoms with Crippen LogP contribution in [0.1, 0.15) is 12.6 Å². The van der Waals surface area contributed by atoms with E-state index in [1.165, 1.54) is 6.33 Å². The Hall–Kier alpha value is -2.09. The summed E-state index contributed by atoms with van der Waals surface area (Å²) in [5.41, 5.74) is 0.660. The molecular weight excluding hydrogens is 264 g/mol. The minimum Gasteiger partial charge on any atom is -0.480 e. The minimum absolute atomic E-state index is 0.0367. The molecule has 2 rings (SSSR count). The van der Waals surface area contributed by atoms with Gasteiger partial charge in [-0.15, -0.1) is 0 Å². The van der Waals surface area contributed by atoms with E-state index in [4.69, 9.17) is 4.74 Å². The van der Waals surface area contributed by atoms with Crippen LogP contribution >= 0.6 is 0 Å². The van der Waals surface area contributed by atoms with Gasteiger partial charge in [0.2, 0.25) is 0 Å². The predicted molar refractivity (Wildman–Crippen MR) is 69.2 cm³/mol. The van der Waals surface area contributed by atoms with Crippen molar-refractivity contribution in [2.75, 3.05) is 19.7 Å². The zero-order valence-corrected chi connectivity index (χ0v) is 11.2. The van der Waals surface area contributed by atoms with Crippen LogP contribution in [0, 0.1) is 0 Å². The van der Waals surface area contributed by atoms with Crippen molar-refractivity contribution in [2.45, 2.75) is 25.5 Å². The summed E-state index contributed by atoms with van der Waals surface area (Å²) in [5.74, 6) is -1.07. The normalized spacial score (nSPS) is 20.4. The van der Waals surface area contributed by atoms with Crippen LogP contribution in [0.2, 0.25) is 0 Å². The summed E-state index contributed by atoms with van der Waals surface area (Å²) in [6, 6.07) is -1.37. The fourth-order valence-electron chi connectivity index (χ4n) is 2.06. The van der Waals surface area contributed by atoms with Crippen LogP contribution in [0.15, 0.2) is 12.5 Å². The first-order valence-electron chi connectivity index (χ1n) is 6.43. The number of amides is 2. The first-order chi connectivity index (χ1) is 9.56. The molecule has 3 N–H and O–H groups in total. The van der Waals surface area contributed by atoms with Crippen molar-refractivity contribution >= 4 is 12.0 Å². The molecule has 110 valence electrons. The number of carboxylic acid groups (broad SMARTS) is 1. The minimum atomic E-state index is -1.07. The van der Waals surface area contributed by atoms with Crippen LogP contribution in [0.3, 0.4) is 0 Å². The number of carbonyl (C=O) groups excluding carboxylic acids is 1. The van der Waals surface area contributed by atoms with Crippen LogP contribution in [0.4, 0.5) is 4.79 Å². The monoisotopic (exact) mass is 282 g/mol. The quantitative estimate of drug-likeness (QED) is 0.711. The lowest BCUT2D eigenvalue weighted by atomic mass is 10.1. The molecule has 0 aromatic carbocycles. The van der Waals surface area contributed by atoms with Crippen molar-refractivity contribution in [3.05, 3.63) is 18.2 Å². The molecular formula is C12H18N4O4. The Morgan fingerprint density at radius 2 is 2.50 bits per heavy atom. The molecule has 1 saturated heterocycles. The molecule has 1 aliphatic rings. The average Bonchev–Trinajstić information content (AvgIpc) is 2.90. The number of aromatic amines is 1. The molecule has 8 heteroatoms. The Morgan fingerprint density at radius 3 is 3.10 bits per heavy atom. The van der Waals surface area contributed by atoms with E-state index in [1.807, 2.05) is 6.92 Å². The summed E-state index contributed by atoms with van der Waals surface area (Å²) in [6.07, 6.45) is 3.14. The van der Waals surface area contributed by atoms with Crippen molar-refractivity contribution in [3.8, 4) is 0 Å². The molecule has 1 unspecified atom stereocenters. The van der Waals surface area contributed by atoms with Gasteiger partial charge in [0.1, 0.15) is 6.04 Å². The Labute approximate surface area is 116 Å². The average molecular weight is 282 g/mol. The second-order valence-electron chi connectivity index (χ2n) is 4.75. The molecule has 1 aliphatic heterocycles. The van der Waals surface area contributed by atoms with Gasteiger partial charge in [0.15, 0.2) is 0 Å². The fraction of sp³-hybridized carbons (Fsp3) is 0.583. The summed E-state index contributed by atoms with van der Waals surface area (Å²) in [6.45, 7) is 3.26. The first-order valence-corrected chi connectivity index (χ1v) is 6.43. The second-order valence-corrected chi connectivity index (χ2v) is 4.75. The van der Waals surface area contributed by atoms with Gasteiger partial charge in [-0.3, -0.25) is 0 Å². The SMILES string of the molecule is CC1CN(C(=O)N[C@@H](Cc2cnc[nH]2)C(=O)O)CCO1. The van der Waals surface area contributed by atoms with Gasteiger partial charge in [-0.1, -0.05) is 0 Å². The molecule has 0 saturated carbocycles. The van der Waals surface area contributed by atoms with E-state index < -0.39 is 12.0 Å². The first kappa shape index (κ1) is 14.3. The van der Waals surface area contributed by atoms with E-state index in [-0.39, 0.29) is 18.6 Å². The highest BCUT2D eigenvalue weighted by Crippen LogP contribution is 2.06. The van der Waals surface area contributed by atoms with E-state index in [0.717, 1.165) is 0 Å². The van der Waals surface area contributed by atoms with E-state index >= 15 is 0 Å². The van der Waals surface area contributed by atoms with Gasteiger partial charge in [0, 0.05) is 31.4 Å². The maximum atomic E-state index is 12.1. The molecule has 8 nitrogen and oxygen atoms in total. The highest BCUT2D eigenvalue weighted by molar-refractivity contribution is 5.82. The molecule has 0 bridgehead atoms. The maximum Gasteiger partial charge on any atom is 0.326 e. The molecule has 1 aromatic rings. The number of imidazole rings is 1. The standard InChI is InChI=1S/C12H18N4O4/c1-8-6-16(2-3-20-8)12(19)15-10(11(17)18)4-9-5-13-7-14-9/h5,7-8,10H,2-4,6H2,1H3,(H,13,14)(H,15,19)(H,17,18)/t8?,10-/m0/s1. The van der Waals surface area contributed by atoms with Crippen LogP contribution in [-0.2, 0) is 16.0 Å². The molecule has 2 atom stereocenters. The Bertz CT molecular complexity index is 462. The lowest BCUT2D eigenvalue weighted by Crippen LogP contribution is -2.53. The van der Waals surface area contributed by atoms with Crippen molar-refractivity contribution in [3.63, 3.8) is 0 Å². The molecule has 1 fully saturated rings. The molecule has 2 amide bonds. The topological polar surface area (TPSA) is 108 Å². The Balaban J connectivity index is 1.93. The van der Waals surface area contributed by atoms with E-state index in [0.29, 0.717) is 25.4 Å². The number of morpholine rings is 1. The predicted octanol–water partition coefficient (Wildman–Crippen LogP) is -0.164. The van der Waals surface area contributed by atoms with Gasteiger partial charge >= 0.3 is 12.0 Å². The fourth-order valence-corrected chi connectivity index (χ4v) is 2.06. The number of ether oxygens (including phenoxy) is 1. The number of aromatic nitrogens is 2. The van der Waals surface area contributed by atoms with Gasteiger partial charge in [-0.2, -0.15) is 0 Å². The third kappa shape index (κ3) is 3.70. The lowest BCUT2D eigenvalue weighted by molar-refractivity contribution is -0.139. The van der Waals surface area contributed by atoms with Crippen molar-refractivity contribution in [2.24, 2.45) is 0 Å². The van der Waals surface area contributed by atoms with Crippen molar-refractivity contribution in [1.29, 1.82) is 0 Å². The Morgan fingerprint density at radius 1 is 1.70 bits per heavy atom. The summed E-state index contributed by atoms with van der Waals surface area (Å²) in [4.78, 5) is 31.5. The van der Waals surface area contributed by atoms with Gasteiger partial charge in [0.25, 0.3) is 0 Å². The highest BCUT2D eigenvalue weighted by Gasteiger charge is 2.26. The summed E-state index contributed by atoms with van der Waals surface area (Å²) in [5, 5.41) is 11.7. The Kier molecular flexibility index (Phi) is 4.57. The lowest BCUT2D eigenvalue weighted by Gasteiger charge is -2.32. The summed E-state index contributed by atoms with van der Waals surface area (Å²) < 4.78 is 5.34. The van der Waals surface area contributed by atoms with Crippen LogP contribution in [0.5, 0.6) is 0 Å². The molecule has 0 radical (unpaired) electrons. The largest absolute Gasteiger partial charge is 0.480 e. The molecule has 1 aromatic heterocycles. The highest BCUT2D eigenvalue weighted by atomic mass is 16.5. The number of nitrogens with one attached hydrogen (secondary N) is 2. The number of hydrogen-bond acceptors (Lipinski definition) is 4. The third-order valence-electron chi connectivity index (χ3n) is 3.10. The van der Waals surface area contributed by atoms with Crippen LogP contribution < -0.4 is 5.32 Å². The van der Waals surface area contributed by atoms with E-state index in [2.05, 4.69) is 15.3 Å². The van der Waals surface area contributed by atoms with E-state index in [9.17, 15) is 14.7 Å².